The fraction of sp³-hybridized carbons (Fsp3) is 0.125. The zero-order valence-electron chi connectivity index (χ0n) is 17.6. The Hall–Kier alpha value is -3.00. The highest BCUT2D eigenvalue weighted by molar-refractivity contribution is 7.99. The molecular weight excluding hydrogens is 477 g/mol. The van der Waals surface area contributed by atoms with Crippen molar-refractivity contribution in [1.29, 1.82) is 0 Å². The summed E-state index contributed by atoms with van der Waals surface area (Å²) in [5.41, 5.74) is 4.55. The van der Waals surface area contributed by atoms with Crippen LogP contribution in [0.3, 0.4) is 0 Å². The minimum atomic E-state index is 0.535. The molecule has 1 aliphatic rings. The van der Waals surface area contributed by atoms with Crippen LogP contribution < -0.4 is 10.1 Å². The highest BCUT2D eigenvalue weighted by Gasteiger charge is 2.21. The third-order valence-electron chi connectivity index (χ3n) is 5.23. The number of aromatic nitrogens is 3. The summed E-state index contributed by atoms with van der Waals surface area (Å²) in [5.74, 6) is 2.26. The fourth-order valence-electron chi connectivity index (χ4n) is 3.54. The van der Waals surface area contributed by atoms with Crippen molar-refractivity contribution >= 4 is 52.1 Å². The number of halogens is 2. The molecule has 5 rings (SSSR count). The van der Waals surface area contributed by atoms with Crippen LogP contribution in [0.1, 0.15) is 17.0 Å². The van der Waals surface area contributed by atoms with E-state index in [4.69, 9.17) is 33.0 Å². The highest BCUT2D eigenvalue weighted by atomic mass is 35.5. The van der Waals surface area contributed by atoms with Gasteiger partial charge in [-0.25, -0.2) is 0 Å². The predicted molar refractivity (Wildman–Crippen MR) is 135 cm³/mol. The van der Waals surface area contributed by atoms with E-state index in [-0.39, 0.29) is 0 Å². The van der Waals surface area contributed by atoms with Crippen molar-refractivity contribution in [3.05, 3.63) is 93.7 Å². The molecule has 3 aromatic carbocycles. The molecule has 0 aliphatic carbocycles. The van der Waals surface area contributed by atoms with E-state index >= 15 is 0 Å². The van der Waals surface area contributed by atoms with Crippen LogP contribution in [0.15, 0.2) is 77.0 Å². The van der Waals surface area contributed by atoms with E-state index in [2.05, 4.69) is 15.5 Å². The number of thioether (sulfide) groups is 1. The third kappa shape index (κ3) is 4.57. The maximum atomic E-state index is 6.36. The summed E-state index contributed by atoms with van der Waals surface area (Å²) in [5, 5.41) is 18.9. The Balaban J connectivity index is 1.46. The standard InChI is InChI=1S/C24H19Cl2N5OS/c1-32-17-8-4-7-15(12-17)21-14-33-24-29-28-22(31(24)30-21)13-16-6-2-3-11-20(16)27-23-18(25)9-5-10-19(23)26/h2-12,27H,13-14H2,1H3. The van der Waals surface area contributed by atoms with Crippen molar-refractivity contribution in [2.24, 2.45) is 5.10 Å². The first-order chi connectivity index (χ1) is 16.1. The molecule has 2 heterocycles. The number of anilines is 2. The van der Waals surface area contributed by atoms with E-state index in [0.717, 1.165) is 39.3 Å². The second kappa shape index (κ2) is 9.47. The summed E-state index contributed by atoms with van der Waals surface area (Å²) >= 11 is 14.3. The van der Waals surface area contributed by atoms with Crippen LogP contribution in [0.25, 0.3) is 0 Å². The molecule has 0 saturated carbocycles. The number of benzene rings is 3. The number of methoxy groups -OCH3 is 1. The number of nitrogens with zero attached hydrogens (tertiary/aromatic N) is 4. The lowest BCUT2D eigenvalue weighted by molar-refractivity contribution is 0.414. The quantitative estimate of drug-likeness (QED) is 0.340. The third-order valence-corrected chi connectivity index (χ3v) is 6.79. The molecular formula is C24H19Cl2N5OS. The summed E-state index contributed by atoms with van der Waals surface area (Å²) in [6.07, 6.45) is 0.535. The number of rotatable bonds is 6. The molecule has 0 atom stereocenters. The molecule has 0 spiro atoms. The van der Waals surface area contributed by atoms with Crippen LogP contribution in [0, 0.1) is 0 Å². The molecule has 33 heavy (non-hydrogen) atoms. The van der Waals surface area contributed by atoms with Crippen LogP contribution in [0.4, 0.5) is 11.4 Å². The first-order valence-corrected chi connectivity index (χ1v) is 11.9. The number of para-hydroxylation sites is 2. The molecule has 0 amide bonds. The van der Waals surface area contributed by atoms with Gasteiger partial charge in [-0.3, -0.25) is 0 Å². The van der Waals surface area contributed by atoms with Gasteiger partial charge in [-0.05, 0) is 35.9 Å². The number of hydrogen-bond donors (Lipinski definition) is 1. The summed E-state index contributed by atoms with van der Waals surface area (Å²) < 4.78 is 7.18. The zero-order chi connectivity index (χ0) is 22.8. The van der Waals surface area contributed by atoms with Crippen LogP contribution in [0.2, 0.25) is 10.0 Å². The lowest BCUT2D eigenvalue weighted by Gasteiger charge is -2.16. The Kier molecular flexibility index (Phi) is 6.26. The van der Waals surface area contributed by atoms with Crippen molar-refractivity contribution < 1.29 is 4.74 Å². The second-order valence-corrected chi connectivity index (χ2v) is 9.09. The van der Waals surface area contributed by atoms with Gasteiger partial charge in [-0.1, -0.05) is 71.4 Å². The Morgan fingerprint density at radius 2 is 1.79 bits per heavy atom. The van der Waals surface area contributed by atoms with E-state index in [9.17, 15) is 0 Å². The molecule has 1 aromatic heterocycles. The van der Waals surface area contributed by atoms with Gasteiger partial charge >= 0.3 is 0 Å². The van der Waals surface area contributed by atoms with Crippen molar-refractivity contribution in [1.82, 2.24) is 14.9 Å². The van der Waals surface area contributed by atoms with Crippen molar-refractivity contribution in [3.8, 4) is 5.75 Å². The SMILES string of the molecule is COc1cccc(C2=Nn3c(Cc4ccccc4Nc4c(Cl)cccc4Cl)nnc3SC2)c1. The Morgan fingerprint density at radius 3 is 2.61 bits per heavy atom. The first-order valence-electron chi connectivity index (χ1n) is 10.2. The lowest BCUT2D eigenvalue weighted by atomic mass is 10.1. The molecule has 0 saturated heterocycles. The molecule has 0 bridgehead atoms. The van der Waals surface area contributed by atoms with Crippen molar-refractivity contribution in [3.63, 3.8) is 0 Å². The topological polar surface area (TPSA) is 64.3 Å². The average molecular weight is 496 g/mol. The molecule has 0 radical (unpaired) electrons. The van der Waals surface area contributed by atoms with E-state index in [1.54, 1.807) is 31.0 Å². The fourth-order valence-corrected chi connectivity index (χ4v) is 4.89. The maximum absolute atomic E-state index is 6.36. The monoisotopic (exact) mass is 495 g/mol. The Morgan fingerprint density at radius 1 is 1.00 bits per heavy atom. The summed E-state index contributed by atoms with van der Waals surface area (Å²) in [4.78, 5) is 0. The Labute approximate surface area is 205 Å². The van der Waals surface area contributed by atoms with Crippen LogP contribution in [-0.2, 0) is 6.42 Å². The number of hydrogen-bond acceptors (Lipinski definition) is 6. The molecule has 1 aliphatic heterocycles. The van der Waals surface area contributed by atoms with Crippen LogP contribution in [-0.4, -0.2) is 33.4 Å². The highest BCUT2D eigenvalue weighted by Crippen LogP contribution is 2.34. The van der Waals surface area contributed by atoms with Gasteiger partial charge < -0.3 is 10.1 Å². The summed E-state index contributed by atoms with van der Waals surface area (Å²) in [6.45, 7) is 0. The van der Waals surface area contributed by atoms with E-state index in [1.165, 1.54) is 0 Å². The van der Waals surface area contributed by atoms with E-state index in [0.29, 0.717) is 27.9 Å². The first kappa shape index (κ1) is 21.8. The van der Waals surface area contributed by atoms with Crippen molar-refractivity contribution in [2.45, 2.75) is 11.6 Å². The van der Waals surface area contributed by atoms with Crippen molar-refractivity contribution in [2.75, 3.05) is 18.2 Å². The molecule has 0 fully saturated rings. The molecule has 9 heteroatoms. The van der Waals surface area contributed by atoms with Gasteiger partial charge in [0.25, 0.3) is 0 Å². The largest absolute Gasteiger partial charge is 0.497 e. The normalized spacial score (nSPS) is 12.8. The van der Waals surface area contributed by atoms with Gasteiger partial charge in [0.15, 0.2) is 5.82 Å². The van der Waals surface area contributed by atoms with E-state index < -0.39 is 0 Å². The summed E-state index contributed by atoms with van der Waals surface area (Å²) in [6, 6.07) is 21.3. The van der Waals surface area contributed by atoms with Gasteiger partial charge in [-0.15, -0.1) is 10.2 Å². The second-order valence-electron chi connectivity index (χ2n) is 7.33. The average Bonchev–Trinajstić information content (AvgIpc) is 3.24. The number of nitrogens with one attached hydrogen (secondary N) is 1. The number of ether oxygens (including phenoxy) is 1. The van der Waals surface area contributed by atoms with E-state index in [1.807, 2.05) is 59.3 Å². The van der Waals surface area contributed by atoms with Gasteiger partial charge in [0, 0.05) is 23.4 Å². The predicted octanol–water partition coefficient (Wildman–Crippen LogP) is 6.29. The van der Waals surface area contributed by atoms with Gasteiger partial charge in [0.1, 0.15) is 5.75 Å². The Bertz CT molecular complexity index is 1330. The molecule has 4 aromatic rings. The van der Waals surface area contributed by atoms with Crippen LogP contribution >= 0.6 is 35.0 Å². The lowest BCUT2D eigenvalue weighted by Crippen LogP contribution is -2.15. The van der Waals surface area contributed by atoms with Gasteiger partial charge in [0.2, 0.25) is 5.16 Å². The molecule has 6 nitrogen and oxygen atoms in total. The zero-order valence-corrected chi connectivity index (χ0v) is 20.0. The molecule has 0 unspecified atom stereocenters. The van der Waals surface area contributed by atoms with Gasteiger partial charge in [-0.2, -0.15) is 9.78 Å². The molecule has 166 valence electrons. The van der Waals surface area contributed by atoms with Gasteiger partial charge in [0.05, 0.1) is 28.6 Å². The minimum Gasteiger partial charge on any atom is -0.497 e. The smallest absolute Gasteiger partial charge is 0.212 e. The molecule has 1 N–H and O–H groups in total. The van der Waals surface area contributed by atoms with Crippen LogP contribution in [0.5, 0.6) is 5.75 Å². The summed E-state index contributed by atoms with van der Waals surface area (Å²) in [7, 11) is 1.66. The minimum absolute atomic E-state index is 0.535. The number of fused-ring (bicyclic) bond motifs is 1. The maximum Gasteiger partial charge on any atom is 0.212 e.